The summed E-state index contributed by atoms with van der Waals surface area (Å²) in [4.78, 5) is 31.0. The van der Waals surface area contributed by atoms with Crippen LogP contribution in [0.3, 0.4) is 0 Å². The molecule has 4 rings (SSSR count). The van der Waals surface area contributed by atoms with Gasteiger partial charge in [0, 0.05) is 31.6 Å². The lowest BCUT2D eigenvalue weighted by atomic mass is 10.1. The van der Waals surface area contributed by atoms with Crippen molar-refractivity contribution < 1.29 is 9.53 Å². The maximum Gasteiger partial charge on any atom is 0.278 e. The van der Waals surface area contributed by atoms with Crippen molar-refractivity contribution in [3.63, 3.8) is 0 Å². The topological polar surface area (TPSA) is 78.2 Å². The third-order valence-corrected chi connectivity index (χ3v) is 6.61. The Balaban J connectivity index is 1.68. The Morgan fingerprint density at radius 2 is 1.91 bits per heavy atom. The van der Waals surface area contributed by atoms with Crippen molar-refractivity contribution in [3.05, 3.63) is 76.2 Å². The van der Waals surface area contributed by atoms with Crippen LogP contribution in [0.25, 0.3) is 22.2 Å². The predicted molar refractivity (Wildman–Crippen MR) is 138 cm³/mol. The largest absolute Gasteiger partial charge is 0.383 e. The summed E-state index contributed by atoms with van der Waals surface area (Å²) in [5.74, 6) is -0.0212. The number of fused-ring (bicyclic) bond motifs is 1. The van der Waals surface area contributed by atoms with Crippen LogP contribution in [0.15, 0.2) is 64.7 Å². The molecule has 0 aliphatic carbocycles. The molecule has 0 aliphatic heterocycles. The van der Waals surface area contributed by atoms with Gasteiger partial charge < -0.3 is 14.6 Å². The van der Waals surface area contributed by atoms with Gasteiger partial charge >= 0.3 is 0 Å². The maximum absolute atomic E-state index is 13.5. The first-order chi connectivity index (χ1) is 16.4. The monoisotopic (exact) mass is 476 g/mol. The van der Waals surface area contributed by atoms with Gasteiger partial charge in [-0.1, -0.05) is 59.8 Å². The number of hydrogen-bond donors (Lipinski definition) is 1. The Morgan fingerprint density at radius 3 is 2.62 bits per heavy atom. The van der Waals surface area contributed by atoms with Gasteiger partial charge in [0.15, 0.2) is 5.16 Å². The molecule has 0 fully saturated rings. The Labute approximate surface area is 202 Å². The smallest absolute Gasteiger partial charge is 0.278 e. The van der Waals surface area contributed by atoms with E-state index in [1.165, 1.54) is 11.8 Å². The van der Waals surface area contributed by atoms with Gasteiger partial charge in [-0.25, -0.2) is 4.98 Å². The van der Waals surface area contributed by atoms with Crippen molar-refractivity contribution in [1.82, 2.24) is 14.1 Å². The molecule has 0 aliphatic rings. The minimum atomic E-state index is -0.152. The van der Waals surface area contributed by atoms with Crippen LogP contribution >= 0.6 is 11.8 Å². The molecule has 0 saturated carbocycles. The number of nitrogens with one attached hydrogen (secondary N) is 1. The fraction of sp³-hybridized carbons (Fsp3) is 0.269. The lowest BCUT2D eigenvalue weighted by Gasteiger charge is -2.13. The Bertz CT molecular complexity index is 1390. The molecule has 1 amide bonds. The SMILES string of the molecule is COCCn1c(SCC(=O)Nc2ccc(C)cc2C)nc2c(-c3ccccc3)cn(C)c2c1=O. The molecule has 0 radical (unpaired) electrons. The minimum absolute atomic E-state index is 0.131. The standard InChI is InChI=1S/C26H28N4O3S/c1-17-10-11-21(18(2)14-17)27-22(31)16-34-26-28-23-20(19-8-6-5-7-9-19)15-29(3)24(23)25(32)30(26)12-13-33-4/h5-11,14-15H,12-13,16H2,1-4H3,(H,27,31). The lowest BCUT2D eigenvalue weighted by Crippen LogP contribution is -2.27. The number of methoxy groups -OCH3 is 1. The van der Waals surface area contributed by atoms with Gasteiger partial charge in [0.05, 0.1) is 18.9 Å². The third kappa shape index (κ3) is 4.93. The van der Waals surface area contributed by atoms with E-state index in [1.54, 1.807) is 11.7 Å². The summed E-state index contributed by atoms with van der Waals surface area (Å²) in [5.41, 5.74) is 5.81. The molecule has 4 aromatic rings. The highest BCUT2D eigenvalue weighted by atomic mass is 32.2. The normalized spacial score (nSPS) is 11.2. The van der Waals surface area contributed by atoms with Crippen molar-refractivity contribution in [2.75, 3.05) is 24.8 Å². The highest BCUT2D eigenvalue weighted by Crippen LogP contribution is 2.29. The van der Waals surface area contributed by atoms with Gasteiger partial charge in [0.25, 0.3) is 5.56 Å². The molecule has 8 heteroatoms. The number of rotatable bonds is 8. The Hall–Kier alpha value is -3.36. The van der Waals surface area contributed by atoms with E-state index in [0.717, 1.165) is 27.9 Å². The molecule has 7 nitrogen and oxygen atoms in total. The van der Waals surface area contributed by atoms with Crippen LogP contribution in [0, 0.1) is 13.8 Å². The van der Waals surface area contributed by atoms with E-state index in [1.807, 2.05) is 80.2 Å². The van der Waals surface area contributed by atoms with Crippen LogP contribution in [0.5, 0.6) is 0 Å². The molecular weight excluding hydrogens is 448 g/mol. The molecule has 34 heavy (non-hydrogen) atoms. The van der Waals surface area contributed by atoms with Crippen LogP contribution in [0.2, 0.25) is 0 Å². The van der Waals surface area contributed by atoms with Gasteiger partial charge in [-0.05, 0) is 31.0 Å². The average molecular weight is 477 g/mol. The van der Waals surface area contributed by atoms with Crippen LogP contribution in [0.1, 0.15) is 11.1 Å². The van der Waals surface area contributed by atoms with E-state index in [2.05, 4.69) is 5.32 Å². The number of nitrogens with zero attached hydrogens (tertiary/aromatic N) is 3. The number of benzene rings is 2. The minimum Gasteiger partial charge on any atom is -0.383 e. The maximum atomic E-state index is 13.5. The number of thioether (sulfide) groups is 1. The molecule has 2 aromatic heterocycles. The number of aromatic nitrogens is 3. The summed E-state index contributed by atoms with van der Waals surface area (Å²) in [6.45, 7) is 4.70. The molecule has 0 saturated heterocycles. The van der Waals surface area contributed by atoms with Gasteiger partial charge in [-0.2, -0.15) is 0 Å². The first kappa shape index (κ1) is 23.8. The fourth-order valence-electron chi connectivity index (χ4n) is 3.94. The molecule has 0 bridgehead atoms. The zero-order chi connectivity index (χ0) is 24.2. The van der Waals surface area contributed by atoms with Gasteiger partial charge in [0.1, 0.15) is 11.0 Å². The van der Waals surface area contributed by atoms with Crippen LogP contribution in [-0.4, -0.2) is 39.5 Å². The van der Waals surface area contributed by atoms with Crippen LogP contribution < -0.4 is 10.9 Å². The van der Waals surface area contributed by atoms with E-state index in [0.29, 0.717) is 29.3 Å². The molecular formula is C26H28N4O3S. The second kappa shape index (κ2) is 10.3. The molecule has 2 aromatic carbocycles. The van der Waals surface area contributed by atoms with Gasteiger partial charge in [0.2, 0.25) is 5.91 Å². The van der Waals surface area contributed by atoms with Crippen molar-refractivity contribution in [3.8, 4) is 11.1 Å². The number of amides is 1. The molecule has 0 atom stereocenters. The predicted octanol–water partition coefficient (Wildman–Crippen LogP) is 4.40. The summed E-state index contributed by atoms with van der Waals surface area (Å²) in [6, 6.07) is 15.8. The number of carbonyl (C=O) groups is 1. The van der Waals surface area contributed by atoms with Crippen LogP contribution in [-0.2, 0) is 23.1 Å². The molecule has 1 N–H and O–H groups in total. The highest BCUT2D eigenvalue weighted by molar-refractivity contribution is 7.99. The molecule has 2 heterocycles. The Morgan fingerprint density at radius 1 is 1.15 bits per heavy atom. The van der Waals surface area contributed by atoms with E-state index in [-0.39, 0.29) is 17.2 Å². The zero-order valence-electron chi connectivity index (χ0n) is 19.8. The summed E-state index contributed by atoms with van der Waals surface area (Å²) < 4.78 is 8.63. The number of aryl methyl sites for hydroxylation is 3. The number of carbonyl (C=O) groups excluding carboxylic acids is 1. The van der Waals surface area contributed by atoms with Crippen molar-refractivity contribution in [2.45, 2.75) is 25.5 Å². The second-order valence-corrected chi connectivity index (χ2v) is 9.16. The Kier molecular flexibility index (Phi) is 7.19. The number of hydrogen-bond acceptors (Lipinski definition) is 5. The third-order valence-electron chi connectivity index (χ3n) is 5.63. The summed E-state index contributed by atoms with van der Waals surface area (Å²) in [7, 11) is 3.44. The van der Waals surface area contributed by atoms with E-state index < -0.39 is 0 Å². The van der Waals surface area contributed by atoms with Gasteiger partial charge in [-0.3, -0.25) is 14.2 Å². The molecule has 176 valence electrons. The van der Waals surface area contributed by atoms with Crippen molar-refractivity contribution in [2.24, 2.45) is 7.05 Å². The first-order valence-electron chi connectivity index (χ1n) is 11.0. The van der Waals surface area contributed by atoms with Gasteiger partial charge in [-0.15, -0.1) is 0 Å². The molecule has 0 spiro atoms. The van der Waals surface area contributed by atoms with Crippen molar-refractivity contribution in [1.29, 1.82) is 0 Å². The number of anilines is 1. The first-order valence-corrected chi connectivity index (χ1v) is 12.0. The van der Waals surface area contributed by atoms with E-state index in [9.17, 15) is 9.59 Å². The highest BCUT2D eigenvalue weighted by Gasteiger charge is 2.19. The zero-order valence-corrected chi connectivity index (χ0v) is 20.6. The van der Waals surface area contributed by atoms with Crippen molar-refractivity contribution >= 4 is 34.4 Å². The van der Waals surface area contributed by atoms with Crippen LogP contribution in [0.4, 0.5) is 5.69 Å². The molecule has 0 unspecified atom stereocenters. The quantitative estimate of drug-likeness (QED) is 0.301. The summed E-state index contributed by atoms with van der Waals surface area (Å²) >= 11 is 1.25. The fourth-order valence-corrected chi connectivity index (χ4v) is 4.76. The average Bonchev–Trinajstić information content (AvgIpc) is 3.16. The summed E-state index contributed by atoms with van der Waals surface area (Å²) in [6.07, 6.45) is 1.93. The number of ether oxygens (including phenoxy) is 1. The van der Waals surface area contributed by atoms with E-state index in [4.69, 9.17) is 9.72 Å². The second-order valence-electron chi connectivity index (χ2n) is 8.22. The summed E-state index contributed by atoms with van der Waals surface area (Å²) in [5, 5.41) is 3.45. The lowest BCUT2D eigenvalue weighted by molar-refractivity contribution is -0.113. The van der Waals surface area contributed by atoms with E-state index >= 15 is 0 Å².